The third-order valence-electron chi connectivity index (χ3n) is 2.39. The van der Waals surface area contributed by atoms with Gasteiger partial charge in [-0.3, -0.25) is 4.79 Å². The van der Waals surface area contributed by atoms with Crippen molar-refractivity contribution in [1.29, 1.82) is 0 Å². The standard InChI is InChI=1S/C11H14O2/c1-7-4-10(11(13)6-12)5-8(2)9(7)3/h4-5,12H,6H2,1-3H3. The van der Waals surface area contributed by atoms with Gasteiger partial charge in [-0.1, -0.05) is 0 Å². The molecule has 0 aliphatic carbocycles. The summed E-state index contributed by atoms with van der Waals surface area (Å²) in [5.74, 6) is -0.216. The van der Waals surface area contributed by atoms with E-state index in [4.69, 9.17) is 5.11 Å². The summed E-state index contributed by atoms with van der Waals surface area (Å²) in [6.45, 7) is 5.55. The van der Waals surface area contributed by atoms with Crippen LogP contribution in [-0.4, -0.2) is 17.5 Å². The van der Waals surface area contributed by atoms with Crippen molar-refractivity contribution in [2.45, 2.75) is 20.8 Å². The van der Waals surface area contributed by atoms with E-state index in [1.807, 2.05) is 32.9 Å². The molecule has 70 valence electrons. The monoisotopic (exact) mass is 178 g/mol. The van der Waals surface area contributed by atoms with Gasteiger partial charge >= 0.3 is 0 Å². The number of Topliss-reactive ketones (excluding diaryl/α,β-unsaturated/α-hetero) is 1. The molecule has 0 aromatic heterocycles. The minimum Gasteiger partial charge on any atom is -0.388 e. The molecule has 0 saturated heterocycles. The Morgan fingerprint density at radius 2 is 1.69 bits per heavy atom. The van der Waals surface area contributed by atoms with E-state index in [0.717, 1.165) is 11.1 Å². The van der Waals surface area contributed by atoms with Gasteiger partial charge in [0.25, 0.3) is 0 Å². The first-order valence-electron chi connectivity index (χ1n) is 4.28. The van der Waals surface area contributed by atoms with Gasteiger partial charge in [-0.05, 0) is 49.6 Å². The molecule has 0 unspecified atom stereocenters. The Morgan fingerprint density at radius 3 is 2.08 bits per heavy atom. The molecule has 1 aromatic rings. The lowest BCUT2D eigenvalue weighted by Crippen LogP contribution is -2.05. The van der Waals surface area contributed by atoms with Crippen LogP contribution in [0.5, 0.6) is 0 Å². The fourth-order valence-electron chi connectivity index (χ4n) is 1.29. The quantitative estimate of drug-likeness (QED) is 0.701. The molecular weight excluding hydrogens is 164 g/mol. The zero-order chi connectivity index (χ0) is 10.0. The van der Waals surface area contributed by atoms with Crippen LogP contribution in [0.2, 0.25) is 0 Å². The first-order valence-corrected chi connectivity index (χ1v) is 4.28. The van der Waals surface area contributed by atoms with E-state index in [1.165, 1.54) is 5.56 Å². The van der Waals surface area contributed by atoms with E-state index in [9.17, 15) is 4.79 Å². The molecule has 0 fully saturated rings. The lowest BCUT2D eigenvalue weighted by Gasteiger charge is -2.06. The minimum atomic E-state index is -0.415. The molecule has 1 aromatic carbocycles. The number of benzene rings is 1. The Kier molecular flexibility index (Phi) is 2.83. The summed E-state index contributed by atoms with van der Waals surface area (Å²) in [5.41, 5.74) is 3.99. The zero-order valence-corrected chi connectivity index (χ0v) is 8.22. The second-order valence-electron chi connectivity index (χ2n) is 3.32. The summed E-state index contributed by atoms with van der Waals surface area (Å²) >= 11 is 0. The van der Waals surface area contributed by atoms with E-state index in [2.05, 4.69) is 0 Å². The summed E-state index contributed by atoms with van der Waals surface area (Å²) in [7, 11) is 0. The molecule has 0 heterocycles. The average molecular weight is 178 g/mol. The summed E-state index contributed by atoms with van der Waals surface area (Å²) in [6.07, 6.45) is 0. The van der Waals surface area contributed by atoms with Gasteiger partial charge < -0.3 is 5.11 Å². The largest absolute Gasteiger partial charge is 0.388 e. The number of ketones is 1. The lowest BCUT2D eigenvalue weighted by molar-refractivity contribution is 0.0903. The Morgan fingerprint density at radius 1 is 1.23 bits per heavy atom. The van der Waals surface area contributed by atoms with Crippen LogP contribution in [0.1, 0.15) is 27.0 Å². The molecule has 1 N–H and O–H groups in total. The molecule has 13 heavy (non-hydrogen) atoms. The van der Waals surface area contributed by atoms with Crippen molar-refractivity contribution in [2.24, 2.45) is 0 Å². The number of aliphatic hydroxyl groups is 1. The highest BCUT2D eigenvalue weighted by Crippen LogP contribution is 2.15. The molecule has 2 nitrogen and oxygen atoms in total. The minimum absolute atomic E-state index is 0.216. The average Bonchev–Trinajstić information content (AvgIpc) is 2.12. The molecular formula is C11H14O2. The van der Waals surface area contributed by atoms with Crippen molar-refractivity contribution in [3.05, 3.63) is 34.4 Å². The molecule has 0 aliphatic heterocycles. The summed E-state index contributed by atoms with van der Waals surface area (Å²) < 4.78 is 0. The lowest BCUT2D eigenvalue weighted by atomic mass is 9.99. The maximum Gasteiger partial charge on any atom is 0.188 e. The van der Waals surface area contributed by atoms with Crippen molar-refractivity contribution in [3.63, 3.8) is 0 Å². The smallest absolute Gasteiger partial charge is 0.188 e. The van der Waals surface area contributed by atoms with Crippen LogP contribution < -0.4 is 0 Å². The van der Waals surface area contributed by atoms with Gasteiger partial charge in [0.1, 0.15) is 6.61 Å². The number of aliphatic hydroxyl groups excluding tert-OH is 1. The predicted octanol–water partition coefficient (Wildman–Crippen LogP) is 1.79. The third kappa shape index (κ3) is 1.95. The molecule has 0 bridgehead atoms. The van der Waals surface area contributed by atoms with E-state index < -0.39 is 6.61 Å². The molecule has 2 heteroatoms. The van der Waals surface area contributed by atoms with Crippen LogP contribution in [-0.2, 0) is 0 Å². The highest BCUT2D eigenvalue weighted by molar-refractivity contribution is 5.97. The predicted molar refractivity (Wildman–Crippen MR) is 52.1 cm³/mol. The van der Waals surface area contributed by atoms with Crippen LogP contribution in [0.4, 0.5) is 0 Å². The molecule has 0 atom stereocenters. The van der Waals surface area contributed by atoms with Crippen LogP contribution in [0, 0.1) is 20.8 Å². The van der Waals surface area contributed by atoms with Crippen molar-refractivity contribution >= 4 is 5.78 Å². The van der Waals surface area contributed by atoms with Gasteiger partial charge in [-0.15, -0.1) is 0 Å². The van der Waals surface area contributed by atoms with Gasteiger partial charge in [-0.25, -0.2) is 0 Å². The molecule has 0 aliphatic rings. The van der Waals surface area contributed by atoms with E-state index in [-0.39, 0.29) is 5.78 Å². The first kappa shape index (κ1) is 9.93. The summed E-state index contributed by atoms with van der Waals surface area (Å²) in [4.78, 5) is 11.2. The summed E-state index contributed by atoms with van der Waals surface area (Å²) in [5, 5.41) is 8.69. The van der Waals surface area contributed by atoms with Crippen molar-refractivity contribution in [3.8, 4) is 0 Å². The highest BCUT2D eigenvalue weighted by Gasteiger charge is 2.06. The Bertz CT molecular complexity index is 317. The number of carbonyl (C=O) groups is 1. The molecule has 0 spiro atoms. The number of aryl methyl sites for hydroxylation is 2. The maximum atomic E-state index is 11.2. The van der Waals surface area contributed by atoms with Gasteiger partial charge in [0.05, 0.1) is 0 Å². The van der Waals surface area contributed by atoms with Crippen LogP contribution in [0.15, 0.2) is 12.1 Å². The molecule has 0 amide bonds. The van der Waals surface area contributed by atoms with Crippen LogP contribution in [0.3, 0.4) is 0 Å². The van der Waals surface area contributed by atoms with Gasteiger partial charge in [0.2, 0.25) is 0 Å². The van der Waals surface area contributed by atoms with Crippen LogP contribution >= 0.6 is 0 Å². The maximum absolute atomic E-state index is 11.2. The Balaban J connectivity index is 3.20. The molecule has 0 saturated carbocycles. The zero-order valence-electron chi connectivity index (χ0n) is 8.22. The number of rotatable bonds is 2. The van der Waals surface area contributed by atoms with Crippen LogP contribution in [0.25, 0.3) is 0 Å². The van der Waals surface area contributed by atoms with Gasteiger partial charge in [-0.2, -0.15) is 0 Å². The second-order valence-corrected chi connectivity index (χ2v) is 3.32. The van der Waals surface area contributed by atoms with Crippen molar-refractivity contribution in [1.82, 2.24) is 0 Å². The third-order valence-corrected chi connectivity index (χ3v) is 2.39. The highest BCUT2D eigenvalue weighted by atomic mass is 16.3. The second kappa shape index (κ2) is 3.71. The normalized spacial score (nSPS) is 10.2. The molecule has 1 rings (SSSR count). The molecule has 0 radical (unpaired) electrons. The fourth-order valence-corrected chi connectivity index (χ4v) is 1.29. The SMILES string of the molecule is Cc1cc(C(=O)CO)cc(C)c1C. The summed E-state index contributed by atoms with van der Waals surface area (Å²) in [6, 6.07) is 3.64. The van der Waals surface area contributed by atoms with E-state index in [1.54, 1.807) is 0 Å². The van der Waals surface area contributed by atoms with Crippen molar-refractivity contribution < 1.29 is 9.90 Å². The Hall–Kier alpha value is -1.15. The fraction of sp³-hybridized carbons (Fsp3) is 0.364. The topological polar surface area (TPSA) is 37.3 Å². The Labute approximate surface area is 78.2 Å². The number of hydrogen-bond donors (Lipinski definition) is 1. The van der Waals surface area contributed by atoms with Gasteiger partial charge in [0, 0.05) is 5.56 Å². The van der Waals surface area contributed by atoms with Gasteiger partial charge in [0.15, 0.2) is 5.78 Å². The van der Waals surface area contributed by atoms with E-state index >= 15 is 0 Å². The number of carbonyl (C=O) groups excluding carboxylic acids is 1. The van der Waals surface area contributed by atoms with Crippen molar-refractivity contribution in [2.75, 3.05) is 6.61 Å². The number of hydrogen-bond acceptors (Lipinski definition) is 2. The first-order chi connectivity index (χ1) is 6.06. The van der Waals surface area contributed by atoms with E-state index in [0.29, 0.717) is 5.56 Å².